The van der Waals surface area contributed by atoms with Crippen LogP contribution in [-0.2, 0) is 6.54 Å². The van der Waals surface area contributed by atoms with Gasteiger partial charge < -0.3 is 9.63 Å². The molecule has 1 aliphatic carbocycles. The molecule has 2 heterocycles. The van der Waals surface area contributed by atoms with Gasteiger partial charge in [0, 0.05) is 5.92 Å². The average Bonchev–Trinajstić information content (AvgIpc) is 2.98. The summed E-state index contributed by atoms with van der Waals surface area (Å²) >= 11 is 0. The Morgan fingerprint density at radius 3 is 2.85 bits per heavy atom. The van der Waals surface area contributed by atoms with Gasteiger partial charge >= 0.3 is 5.97 Å². The summed E-state index contributed by atoms with van der Waals surface area (Å²) < 4.78 is 6.69. The number of carboxylic acids is 1. The molecule has 2 aromatic rings. The molecular formula is C12H15N5O3. The number of nitrogens with zero attached hydrogens (tertiary/aromatic N) is 5. The highest BCUT2D eigenvalue weighted by Crippen LogP contribution is 2.38. The third-order valence-corrected chi connectivity index (χ3v) is 3.23. The molecule has 106 valence electrons. The van der Waals surface area contributed by atoms with Crippen LogP contribution in [0.15, 0.2) is 4.52 Å². The van der Waals surface area contributed by atoms with Crippen molar-refractivity contribution in [3.05, 3.63) is 23.1 Å². The first-order valence-corrected chi connectivity index (χ1v) is 6.55. The monoisotopic (exact) mass is 277 g/mol. The van der Waals surface area contributed by atoms with Crippen LogP contribution in [0, 0.1) is 0 Å². The van der Waals surface area contributed by atoms with Gasteiger partial charge in [0.2, 0.25) is 5.89 Å². The molecule has 2 aromatic heterocycles. The predicted molar refractivity (Wildman–Crippen MR) is 66.4 cm³/mol. The molecule has 0 spiro atoms. The lowest BCUT2D eigenvalue weighted by molar-refractivity contribution is 0.0688. The highest BCUT2D eigenvalue weighted by atomic mass is 16.5. The molecule has 1 N–H and O–H groups in total. The van der Waals surface area contributed by atoms with E-state index in [1.807, 2.05) is 13.8 Å². The second-order valence-electron chi connectivity index (χ2n) is 5.26. The van der Waals surface area contributed by atoms with E-state index >= 15 is 0 Å². The summed E-state index contributed by atoms with van der Waals surface area (Å²) in [7, 11) is 0. The van der Waals surface area contributed by atoms with Crippen molar-refractivity contribution >= 4 is 5.97 Å². The number of hydrogen-bond donors (Lipinski definition) is 1. The molecule has 1 saturated carbocycles. The maximum atomic E-state index is 11.1. The fourth-order valence-electron chi connectivity index (χ4n) is 2.13. The van der Waals surface area contributed by atoms with Crippen LogP contribution in [0.4, 0.5) is 0 Å². The van der Waals surface area contributed by atoms with Gasteiger partial charge in [-0.3, -0.25) is 0 Å². The summed E-state index contributed by atoms with van der Waals surface area (Å²) in [6.07, 6.45) is 2.20. The first kappa shape index (κ1) is 12.8. The Bertz CT molecular complexity index is 641. The maximum Gasteiger partial charge on any atom is 0.358 e. The smallest absolute Gasteiger partial charge is 0.358 e. The molecule has 0 radical (unpaired) electrons. The van der Waals surface area contributed by atoms with Crippen molar-refractivity contribution < 1.29 is 14.4 Å². The van der Waals surface area contributed by atoms with Gasteiger partial charge in [-0.15, -0.1) is 5.10 Å². The zero-order chi connectivity index (χ0) is 14.3. The summed E-state index contributed by atoms with van der Waals surface area (Å²) in [6, 6.07) is 0. The van der Waals surface area contributed by atoms with Crippen molar-refractivity contribution in [1.82, 2.24) is 25.1 Å². The zero-order valence-electron chi connectivity index (χ0n) is 11.3. The lowest BCUT2D eigenvalue weighted by atomic mass is 10.1. The first-order valence-electron chi connectivity index (χ1n) is 6.55. The molecule has 0 aliphatic heterocycles. The molecule has 8 nitrogen and oxygen atoms in total. The lowest BCUT2D eigenvalue weighted by Crippen LogP contribution is -2.11. The Labute approximate surface area is 114 Å². The van der Waals surface area contributed by atoms with E-state index in [1.165, 1.54) is 4.68 Å². The van der Waals surface area contributed by atoms with E-state index in [0.717, 1.165) is 18.7 Å². The SMILES string of the molecule is CC(C)c1c(C(=O)O)nnn1Cc1nc(C2CC2)no1. The molecular weight excluding hydrogens is 262 g/mol. The van der Waals surface area contributed by atoms with Gasteiger partial charge in [0.05, 0.1) is 5.69 Å². The van der Waals surface area contributed by atoms with Gasteiger partial charge in [-0.25, -0.2) is 9.48 Å². The number of hydrogen-bond acceptors (Lipinski definition) is 6. The Balaban J connectivity index is 1.87. The van der Waals surface area contributed by atoms with E-state index in [9.17, 15) is 4.79 Å². The quantitative estimate of drug-likeness (QED) is 0.880. The van der Waals surface area contributed by atoms with Crippen molar-refractivity contribution in [2.24, 2.45) is 0 Å². The molecule has 3 rings (SSSR count). The van der Waals surface area contributed by atoms with Crippen LogP contribution >= 0.6 is 0 Å². The molecule has 0 unspecified atom stereocenters. The summed E-state index contributed by atoms with van der Waals surface area (Å²) in [5, 5.41) is 20.6. The predicted octanol–water partition coefficient (Wildman–Crippen LogP) is 1.41. The minimum absolute atomic E-state index is 0.0121. The Morgan fingerprint density at radius 1 is 1.50 bits per heavy atom. The maximum absolute atomic E-state index is 11.1. The minimum Gasteiger partial charge on any atom is -0.476 e. The molecule has 8 heteroatoms. The van der Waals surface area contributed by atoms with Crippen LogP contribution in [0.3, 0.4) is 0 Å². The first-order chi connectivity index (χ1) is 9.56. The number of aromatic nitrogens is 5. The van der Waals surface area contributed by atoms with Crippen LogP contribution in [0.1, 0.15) is 66.4 Å². The lowest BCUT2D eigenvalue weighted by Gasteiger charge is -2.07. The third kappa shape index (κ3) is 2.28. The van der Waals surface area contributed by atoms with Gasteiger partial charge in [-0.1, -0.05) is 24.2 Å². The van der Waals surface area contributed by atoms with Crippen molar-refractivity contribution in [2.75, 3.05) is 0 Å². The number of carbonyl (C=O) groups is 1. The van der Waals surface area contributed by atoms with Gasteiger partial charge in [0.15, 0.2) is 11.5 Å². The summed E-state index contributed by atoms with van der Waals surface area (Å²) in [5.74, 6) is 0.480. The van der Waals surface area contributed by atoms with Crippen LogP contribution in [0.25, 0.3) is 0 Å². The van der Waals surface area contributed by atoms with Crippen molar-refractivity contribution in [1.29, 1.82) is 0 Å². The molecule has 0 aromatic carbocycles. The largest absolute Gasteiger partial charge is 0.476 e. The molecule has 20 heavy (non-hydrogen) atoms. The van der Waals surface area contributed by atoms with Crippen LogP contribution < -0.4 is 0 Å². The van der Waals surface area contributed by atoms with E-state index in [0.29, 0.717) is 17.5 Å². The van der Waals surface area contributed by atoms with Crippen molar-refractivity contribution in [2.45, 2.75) is 45.1 Å². The Kier molecular flexibility index (Phi) is 3.00. The Morgan fingerprint density at radius 2 is 2.25 bits per heavy atom. The van der Waals surface area contributed by atoms with Gasteiger partial charge in [0.1, 0.15) is 6.54 Å². The second-order valence-corrected chi connectivity index (χ2v) is 5.26. The summed E-state index contributed by atoms with van der Waals surface area (Å²) in [5.41, 5.74) is 0.533. The third-order valence-electron chi connectivity index (χ3n) is 3.23. The highest BCUT2D eigenvalue weighted by Gasteiger charge is 2.29. The highest BCUT2D eigenvalue weighted by molar-refractivity contribution is 5.86. The topological polar surface area (TPSA) is 107 Å². The molecule has 0 atom stereocenters. The van der Waals surface area contributed by atoms with Gasteiger partial charge in [0.25, 0.3) is 0 Å². The fraction of sp³-hybridized carbons (Fsp3) is 0.583. The summed E-state index contributed by atoms with van der Waals surface area (Å²) in [4.78, 5) is 15.4. The van der Waals surface area contributed by atoms with Crippen molar-refractivity contribution in [3.63, 3.8) is 0 Å². The van der Waals surface area contributed by atoms with Crippen LogP contribution in [-0.4, -0.2) is 36.2 Å². The van der Waals surface area contributed by atoms with E-state index in [4.69, 9.17) is 9.63 Å². The van der Waals surface area contributed by atoms with E-state index < -0.39 is 5.97 Å². The molecule has 0 saturated heterocycles. The van der Waals surface area contributed by atoms with E-state index in [1.54, 1.807) is 0 Å². The van der Waals surface area contributed by atoms with Crippen LogP contribution in [0.5, 0.6) is 0 Å². The summed E-state index contributed by atoms with van der Waals surface area (Å²) in [6.45, 7) is 4.03. The number of rotatable bonds is 5. The molecule has 0 amide bonds. The van der Waals surface area contributed by atoms with Crippen LogP contribution in [0.2, 0.25) is 0 Å². The zero-order valence-corrected chi connectivity index (χ0v) is 11.3. The second kappa shape index (κ2) is 4.69. The van der Waals surface area contributed by atoms with Gasteiger partial charge in [-0.2, -0.15) is 4.98 Å². The fourth-order valence-corrected chi connectivity index (χ4v) is 2.13. The van der Waals surface area contributed by atoms with E-state index in [-0.39, 0.29) is 18.2 Å². The molecule has 0 bridgehead atoms. The molecule has 1 fully saturated rings. The van der Waals surface area contributed by atoms with E-state index in [2.05, 4.69) is 20.5 Å². The van der Waals surface area contributed by atoms with Gasteiger partial charge in [-0.05, 0) is 18.8 Å². The molecule has 1 aliphatic rings. The number of aromatic carboxylic acids is 1. The normalized spacial score (nSPS) is 14.9. The average molecular weight is 277 g/mol. The minimum atomic E-state index is -1.08. The standard InChI is InChI=1S/C12H15N5O3/c1-6(2)10-9(12(18)19)14-16-17(10)5-8-13-11(15-20-8)7-3-4-7/h6-7H,3-5H2,1-2H3,(H,18,19). The number of carboxylic acid groups (broad SMARTS) is 1. The Hall–Kier alpha value is -2.25. The van der Waals surface area contributed by atoms with Crippen molar-refractivity contribution in [3.8, 4) is 0 Å².